The number of thiazole rings is 1. The van der Waals surface area contributed by atoms with Crippen molar-refractivity contribution in [1.82, 2.24) is 15.6 Å². The second-order valence-corrected chi connectivity index (χ2v) is 5.88. The van der Waals surface area contributed by atoms with E-state index in [2.05, 4.69) is 46.8 Å². The zero-order chi connectivity index (χ0) is 13.0. The molecule has 0 unspecified atom stereocenters. The van der Waals surface area contributed by atoms with Gasteiger partial charge in [0.15, 0.2) is 5.96 Å². The van der Waals surface area contributed by atoms with Gasteiger partial charge in [-0.15, -0.1) is 11.3 Å². The summed E-state index contributed by atoms with van der Waals surface area (Å²) in [5.41, 5.74) is 1.17. The number of hydrogen-bond donors (Lipinski definition) is 2. The maximum absolute atomic E-state index is 4.59. The summed E-state index contributed by atoms with van der Waals surface area (Å²) in [6.07, 6.45) is 2.53. The van der Waals surface area contributed by atoms with Crippen molar-refractivity contribution >= 4 is 17.3 Å². The summed E-state index contributed by atoms with van der Waals surface area (Å²) in [5.74, 6) is 1.41. The Bertz CT molecular complexity index is 407. The Labute approximate surface area is 113 Å². The molecule has 1 saturated carbocycles. The van der Waals surface area contributed by atoms with Gasteiger partial charge in [0.1, 0.15) is 5.01 Å². The molecule has 0 atom stereocenters. The van der Waals surface area contributed by atoms with E-state index in [-0.39, 0.29) is 0 Å². The molecule has 1 aromatic rings. The fourth-order valence-corrected chi connectivity index (χ4v) is 2.43. The van der Waals surface area contributed by atoms with Gasteiger partial charge in [0, 0.05) is 18.0 Å². The summed E-state index contributed by atoms with van der Waals surface area (Å²) in [5, 5.41) is 9.90. The van der Waals surface area contributed by atoms with Crippen LogP contribution in [0.2, 0.25) is 0 Å². The lowest BCUT2D eigenvalue weighted by atomic mass is 10.2. The van der Waals surface area contributed by atoms with E-state index < -0.39 is 0 Å². The Morgan fingerprint density at radius 2 is 2.33 bits per heavy atom. The molecule has 0 radical (unpaired) electrons. The Kier molecular flexibility index (Phi) is 4.58. The molecule has 1 aliphatic carbocycles. The zero-order valence-corrected chi connectivity index (χ0v) is 12.2. The predicted molar refractivity (Wildman–Crippen MR) is 77.2 cm³/mol. The molecular weight excluding hydrogens is 244 g/mol. The molecule has 0 spiro atoms. The average Bonchev–Trinajstić information content (AvgIpc) is 3.01. The number of hydrogen-bond acceptors (Lipinski definition) is 3. The smallest absolute Gasteiger partial charge is 0.191 e. The lowest BCUT2D eigenvalue weighted by molar-refractivity contribution is 0.801. The SMILES string of the molecule is CCNC(=NCc1nc(C(C)C)cs1)NC1CC1. The minimum Gasteiger partial charge on any atom is -0.357 e. The number of nitrogens with zero attached hydrogens (tertiary/aromatic N) is 2. The van der Waals surface area contributed by atoms with Crippen molar-refractivity contribution in [3.8, 4) is 0 Å². The van der Waals surface area contributed by atoms with Crippen molar-refractivity contribution in [2.45, 2.75) is 52.1 Å². The molecule has 5 heteroatoms. The maximum Gasteiger partial charge on any atom is 0.191 e. The number of aromatic nitrogens is 1. The first-order valence-electron chi connectivity index (χ1n) is 6.68. The molecule has 18 heavy (non-hydrogen) atoms. The molecule has 4 nitrogen and oxygen atoms in total. The maximum atomic E-state index is 4.59. The first kappa shape index (κ1) is 13.3. The van der Waals surface area contributed by atoms with Gasteiger partial charge >= 0.3 is 0 Å². The van der Waals surface area contributed by atoms with E-state index >= 15 is 0 Å². The molecule has 1 heterocycles. The third-order valence-electron chi connectivity index (χ3n) is 2.80. The lowest BCUT2D eigenvalue weighted by Gasteiger charge is -2.09. The van der Waals surface area contributed by atoms with Crippen molar-refractivity contribution < 1.29 is 0 Å². The lowest BCUT2D eigenvalue weighted by Crippen LogP contribution is -2.38. The molecule has 1 fully saturated rings. The van der Waals surface area contributed by atoms with Crippen molar-refractivity contribution in [3.05, 3.63) is 16.1 Å². The standard InChI is InChI=1S/C13H22N4S/c1-4-14-13(16-10-5-6-10)15-7-12-17-11(8-18-12)9(2)3/h8-10H,4-7H2,1-3H3,(H2,14,15,16). The molecule has 0 bridgehead atoms. The molecule has 100 valence electrons. The molecule has 0 aliphatic heterocycles. The summed E-state index contributed by atoms with van der Waals surface area (Å²) in [6.45, 7) is 7.99. The summed E-state index contributed by atoms with van der Waals surface area (Å²) in [6, 6.07) is 0.630. The fourth-order valence-electron chi connectivity index (χ4n) is 1.55. The topological polar surface area (TPSA) is 49.3 Å². The summed E-state index contributed by atoms with van der Waals surface area (Å²) < 4.78 is 0. The normalized spacial score (nSPS) is 16.1. The summed E-state index contributed by atoms with van der Waals surface area (Å²) >= 11 is 1.70. The van der Waals surface area contributed by atoms with Gasteiger partial charge in [-0.3, -0.25) is 0 Å². The Morgan fingerprint density at radius 3 is 2.89 bits per heavy atom. The fraction of sp³-hybridized carbons (Fsp3) is 0.692. The minimum absolute atomic E-state index is 0.497. The van der Waals surface area contributed by atoms with Gasteiger partial charge in [-0.05, 0) is 25.7 Å². The molecular formula is C13H22N4S. The number of aliphatic imine (C=N–C) groups is 1. The van der Waals surface area contributed by atoms with Crippen LogP contribution in [-0.2, 0) is 6.54 Å². The van der Waals surface area contributed by atoms with Gasteiger partial charge in [0.2, 0.25) is 0 Å². The number of nitrogens with one attached hydrogen (secondary N) is 2. The van der Waals surface area contributed by atoms with Gasteiger partial charge in [-0.1, -0.05) is 13.8 Å². The van der Waals surface area contributed by atoms with Gasteiger partial charge in [-0.2, -0.15) is 0 Å². The zero-order valence-electron chi connectivity index (χ0n) is 11.4. The van der Waals surface area contributed by atoms with Crippen LogP contribution in [0, 0.1) is 0 Å². The van der Waals surface area contributed by atoms with Crippen LogP contribution < -0.4 is 10.6 Å². The van der Waals surface area contributed by atoms with E-state index in [1.165, 1.54) is 18.5 Å². The molecule has 1 aromatic heterocycles. The second-order valence-electron chi connectivity index (χ2n) is 4.93. The third-order valence-corrected chi connectivity index (χ3v) is 3.65. The highest BCUT2D eigenvalue weighted by Crippen LogP contribution is 2.19. The summed E-state index contributed by atoms with van der Waals surface area (Å²) in [4.78, 5) is 9.17. The first-order chi connectivity index (χ1) is 8.69. The highest BCUT2D eigenvalue weighted by Gasteiger charge is 2.22. The molecule has 1 aliphatic rings. The molecule has 2 rings (SSSR count). The van der Waals surface area contributed by atoms with E-state index in [1.54, 1.807) is 11.3 Å². The van der Waals surface area contributed by atoms with E-state index in [0.29, 0.717) is 18.5 Å². The first-order valence-corrected chi connectivity index (χ1v) is 7.56. The van der Waals surface area contributed by atoms with Crippen molar-refractivity contribution in [3.63, 3.8) is 0 Å². The number of guanidine groups is 1. The molecule has 0 saturated heterocycles. The summed E-state index contributed by atoms with van der Waals surface area (Å²) in [7, 11) is 0. The van der Waals surface area contributed by atoms with Gasteiger partial charge in [0.25, 0.3) is 0 Å². The predicted octanol–water partition coefficient (Wildman–Crippen LogP) is 2.48. The van der Waals surface area contributed by atoms with Crippen molar-refractivity contribution in [1.29, 1.82) is 0 Å². The Balaban J connectivity index is 1.92. The molecule has 2 N–H and O–H groups in total. The van der Waals surface area contributed by atoms with Crippen LogP contribution in [-0.4, -0.2) is 23.5 Å². The van der Waals surface area contributed by atoms with E-state index in [4.69, 9.17) is 0 Å². The monoisotopic (exact) mass is 266 g/mol. The molecule has 0 amide bonds. The van der Waals surface area contributed by atoms with Crippen LogP contribution in [0.4, 0.5) is 0 Å². The van der Waals surface area contributed by atoms with Gasteiger partial charge in [0.05, 0.1) is 12.2 Å². The van der Waals surface area contributed by atoms with Crippen LogP contribution in [0.5, 0.6) is 0 Å². The van der Waals surface area contributed by atoms with Crippen LogP contribution >= 0.6 is 11.3 Å². The second kappa shape index (κ2) is 6.18. The highest BCUT2D eigenvalue weighted by molar-refractivity contribution is 7.09. The van der Waals surface area contributed by atoms with Crippen molar-refractivity contribution in [2.24, 2.45) is 4.99 Å². The van der Waals surface area contributed by atoms with Crippen LogP contribution in [0.3, 0.4) is 0 Å². The largest absolute Gasteiger partial charge is 0.357 e. The van der Waals surface area contributed by atoms with E-state index in [9.17, 15) is 0 Å². The third kappa shape index (κ3) is 3.98. The minimum atomic E-state index is 0.497. The Morgan fingerprint density at radius 1 is 1.56 bits per heavy atom. The highest BCUT2D eigenvalue weighted by atomic mass is 32.1. The van der Waals surface area contributed by atoms with Crippen molar-refractivity contribution in [2.75, 3.05) is 6.54 Å². The Hall–Kier alpha value is -1.10. The molecule has 0 aromatic carbocycles. The van der Waals surface area contributed by atoms with E-state index in [0.717, 1.165) is 17.5 Å². The van der Waals surface area contributed by atoms with Crippen LogP contribution in [0.25, 0.3) is 0 Å². The van der Waals surface area contributed by atoms with E-state index in [1.807, 2.05) is 0 Å². The van der Waals surface area contributed by atoms with Crippen LogP contribution in [0.1, 0.15) is 50.2 Å². The number of rotatable bonds is 5. The van der Waals surface area contributed by atoms with Gasteiger partial charge < -0.3 is 10.6 Å². The average molecular weight is 266 g/mol. The quantitative estimate of drug-likeness (QED) is 0.636. The van der Waals surface area contributed by atoms with Crippen LogP contribution in [0.15, 0.2) is 10.4 Å². The van der Waals surface area contributed by atoms with Gasteiger partial charge in [-0.25, -0.2) is 9.98 Å².